The number of carbonyl (C=O) groups is 3. The number of carbonyl (C=O) groups excluding carboxylic acids is 2. The van der Waals surface area contributed by atoms with Gasteiger partial charge in [0, 0.05) is 34.7 Å². The Kier molecular flexibility index (Phi) is 8.25. The summed E-state index contributed by atoms with van der Waals surface area (Å²) in [7, 11) is 0. The lowest BCUT2D eigenvalue weighted by molar-refractivity contribution is -0.137. The van der Waals surface area contributed by atoms with Crippen LogP contribution in [-0.2, 0) is 16.0 Å². The Labute approximate surface area is 212 Å². The molecule has 0 aliphatic carbocycles. The summed E-state index contributed by atoms with van der Waals surface area (Å²) in [5.41, 5.74) is 3.26. The van der Waals surface area contributed by atoms with Gasteiger partial charge in [0.15, 0.2) is 0 Å². The molecule has 0 spiro atoms. The number of hydrogen-bond acceptors (Lipinski definition) is 6. The molecule has 2 unspecified atom stereocenters. The molecule has 2 aromatic rings. The molecule has 8 nitrogen and oxygen atoms in total. The number of carboxylic acids is 1. The number of thioether (sulfide) groups is 2. The number of allylic oxidation sites excluding steroid dienone is 1. The molecule has 0 radical (unpaired) electrons. The van der Waals surface area contributed by atoms with Crippen molar-refractivity contribution in [1.82, 2.24) is 10.2 Å². The van der Waals surface area contributed by atoms with E-state index in [1.165, 1.54) is 0 Å². The zero-order valence-electron chi connectivity index (χ0n) is 19.3. The Balaban J connectivity index is 1.28. The SMILES string of the molecule is Cc1ccccc1NC(=O)Nc1ccc(CC(=O)N2CSCC2C2NC=C(CCC(=O)O)S2)cc1. The number of anilines is 2. The van der Waals surface area contributed by atoms with Crippen LogP contribution < -0.4 is 16.0 Å². The van der Waals surface area contributed by atoms with Crippen molar-refractivity contribution in [2.45, 2.75) is 37.6 Å². The fourth-order valence-electron chi connectivity index (χ4n) is 3.90. The summed E-state index contributed by atoms with van der Waals surface area (Å²) >= 11 is 3.35. The van der Waals surface area contributed by atoms with Gasteiger partial charge < -0.3 is 26.0 Å². The average Bonchev–Trinajstić information content (AvgIpc) is 3.50. The van der Waals surface area contributed by atoms with Gasteiger partial charge in [-0.25, -0.2) is 4.79 Å². The Morgan fingerprint density at radius 3 is 2.63 bits per heavy atom. The topological polar surface area (TPSA) is 111 Å². The first kappa shape index (κ1) is 25.0. The fraction of sp³-hybridized carbons (Fsp3) is 0.320. The minimum absolute atomic E-state index is 0.0380. The van der Waals surface area contributed by atoms with Gasteiger partial charge in [-0.05, 0) is 42.7 Å². The number of aryl methyl sites for hydroxylation is 1. The highest BCUT2D eigenvalue weighted by molar-refractivity contribution is 8.04. The molecule has 35 heavy (non-hydrogen) atoms. The third-order valence-corrected chi connectivity index (χ3v) is 8.19. The molecule has 3 amide bonds. The first-order chi connectivity index (χ1) is 16.9. The van der Waals surface area contributed by atoms with Crippen LogP contribution in [-0.4, -0.2) is 51.0 Å². The molecule has 0 bridgehead atoms. The smallest absolute Gasteiger partial charge is 0.323 e. The monoisotopic (exact) mass is 512 g/mol. The second kappa shape index (κ2) is 11.5. The summed E-state index contributed by atoms with van der Waals surface area (Å²) in [6.45, 7) is 1.93. The summed E-state index contributed by atoms with van der Waals surface area (Å²) in [6, 6.07) is 14.6. The number of aliphatic carboxylic acids is 1. The maximum absolute atomic E-state index is 13.1. The Morgan fingerprint density at radius 1 is 1.11 bits per heavy atom. The molecule has 4 rings (SSSR count). The number of para-hydroxylation sites is 1. The van der Waals surface area contributed by atoms with E-state index in [1.807, 2.05) is 54.4 Å². The van der Waals surface area contributed by atoms with Gasteiger partial charge in [-0.15, -0.1) is 23.5 Å². The van der Waals surface area contributed by atoms with Gasteiger partial charge >= 0.3 is 12.0 Å². The van der Waals surface area contributed by atoms with E-state index in [0.717, 1.165) is 27.5 Å². The van der Waals surface area contributed by atoms with Gasteiger partial charge in [0.05, 0.1) is 23.7 Å². The van der Waals surface area contributed by atoms with Gasteiger partial charge in [0.25, 0.3) is 0 Å². The zero-order valence-corrected chi connectivity index (χ0v) is 21.0. The molecular weight excluding hydrogens is 484 g/mol. The highest BCUT2D eigenvalue weighted by Gasteiger charge is 2.37. The minimum atomic E-state index is -0.809. The van der Waals surface area contributed by atoms with Crippen molar-refractivity contribution >= 4 is 52.8 Å². The van der Waals surface area contributed by atoms with Crippen molar-refractivity contribution in [1.29, 1.82) is 0 Å². The van der Waals surface area contributed by atoms with Gasteiger partial charge in [-0.3, -0.25) is 9.59 Å². The van der Waals surface area contributed by atoms with Crippen LogP contribution in [0.2, 0.25) is 0 Å². The molecule has 4 N–H and O–H groups in total. The second-order valence-electron chi connectivity index (χ2n) is 8.41. The number of amides is 3. The highest BCUT2D eigenvalue weighted by Crippen LogP contribution is 2.36. The maximum Gasteiger partial charge on any atom is 0.323 e. The quantitative estimate of drug-likeness (QED) is 0.414. The third kappa shape index (κ3) is 6.73. The largest absolute Gasteiger partial charge is 0.481 e. The van der Waals surface area contributed by atoms with Gasteiger partial charge in [-0.2, -0.15) is 0 Å². The van der Waals surface area contributed by atoms with Crippen LogP contribution in [0.1, 0.15) is 24.0 Å². The van der Waals surface area contributed by atoms with Gasteiger partial charge in [0.1, 0.15) is 0 Å². The summed E-state index contributed by atoms with van der Waals surface area (Å²) in [4.78, 5) is 39.1. The third-order valence-electron chi connectivity index (χ3n) is 5.82. The normalized spacial score (nSPS) is 19.1. The molecule has 184 valence electrons. The molecule has 2 aliphatic rings. The Hall–Kier alpha value is -3.11. The van der Waals surface area contributed by atoms with Crippen molar-refractivity contribution in [3.8, 4) is 0 Å². The number of urea groups is 1. The highest BCUT2D eigenvalue weighted by atomic mass is 32.2. The molecule has 2 heterocycles. The van der Waals surface area contributed by atoms with Gasteiger partial charge in [-0.1, -0.05) is 30.3 Å². The number of carboxylic acid groups (broad SMARTS) is 1. The minimum Gasteiger partial charge on any atom is -0.481 e. The van der Waals surface area contributed by atoms with Crippen LogP contribution in [0.25, 0.3) is 0 Å². The van der Waals surface area contributed by atoms with Crippen molar-refractivity contribution in [3.63, 3.8) is 0 Å². The van der Waals surface area contributed by atoms with Crippen LogP contribution in [0.15, 0.2) is 59.6 Å². The second-order valence-corrected chi connectivity index (χ2v) is 10.7. The first-order valence-electron chi connectivity index (χ1n) is 11.3. The predicted molar refractivity (Wildman–Crippen MR) is 141 cm³/mol. The van der Waals surface area contributed by atoms with E-state index in [-0.39, 0.29) is 36.2 Å². The molecule has 2 aliphatic heterocycles. The summed E-state index contributed by atoms with van der Waals surface area (Å²) in [5.74, 6) is 0.733. The van der Waals surface area contributed by atoms with E-state index in [1.54, 1.807) is 35.7 Å². The number of nitrogens with one attached hydrogen (secondary N) is 3. The van der Waals surface area contributed by atoms with Crippen LogP contribution in [0, 0.1) is 6.92 Å². The van der Waals surface area contributed by atoms with E-state index < -0.39 is 5.97 Å². The van der Waals surface area contributed by atoms with Crippen molar-refractivity contribution in [2.24, 2.45) is 0 Å². The lowest BCUT2D eigenvalue weighted by Crippen LogP contribution is -2.46. The fourth-order valence-corrected chi connectivity index (χ4v) is 6.49. The van der Waals surface area contributed by atoms with E-state index in [2.05, 4.69) is 16.0 Å². The van der Waals surface area contributed by atoms with E-state index in [4.69, 9.17) is 5.11 Å². The van der Waals surface area contributed by atoms with E-state index >= 15 is 0 Å². The van der Waals surface area contributed by atoms with Crippen LogP contribution in [0.3, 0.4) is 0 Å². The van der Waals surface area contributed by atoms with Crippen LogP contribution in [0.4, 0.5) is 16.2 Å². The number of nitrogens with zero attached hydrogens (tertiary/aromatic N) is 1. The lowest BCUT2D eigenvalue weighted by atomic mass is 10.1. The van der Waals surface area contributed by atoms with Crippen molar-refractivity contribution in [3.05, 3.63) is 70.8 Å². The first-order valence-corrected chi connectivity index (χ1v) is 13.4. The Morgan fingerprint density at radius 2 is 1.89 bits per heavy atom. The van der Waals surface area contributed by atoms with Crippen LogP contribution in [0.5, 0.6) is 0 Å². The Bertz CT molecular complexity index is 1120. The molecule has 1 saturated heterocycles. The molecule has 0 aromatic heterocycles. The zero-order chi connectivity index (χ0) is 24.8. The molecule has 2 atom stereocenters. The predicted octanol–water partition coefficient (Wildman–Crippen LogP) is 4.45. The molecule has 0 saturated carbocycles. The number of hydrogen-bond donors (Lipinski definition) is 4. The average molecular weight is 513 g/mol. The van der Waals surface area contributed by atoms with E-state index in [9.17, 15) is 14.4 Å². The van der Waals surface area contributed by atoms with Crippen LogP contribution >= 0.6 is 23.5 Å². The maximum atomic E-state index is 13.1. The lowest BCUT2D eigenvalue weighted by Gasteiger charge is -2.28. The molecule has 10 heteroatoms. The van der Waals surface area contributed by atoms with Crippen molar-refractivity contribution in [2.75, 3.05) is 22.3 Å². The summed E-state index contributed by atoms with van der Waals surface area (Å²) in [6.07, 6.45) is 2.77. The summed E-state index contributed by atoms with van der Waals surface area (Å²) in [5, 5.41) is 17.9. The molecule has 1 fully saturated rings. The van der Waals surface area contributed by atoms with E-state index in [0.29, 0.717) is 18.0 Å². The van der Waals surface area contributed by atoms with Crippen molar-refractivity contribution < 1.29 is 19.5 Å². The number of rotatable bonds is 8. The summed E-state index contributed by atoms with van der Waals surface area (Å²) < 4.78 is 0. The number of benzene rings is 2. The molecule has 2 aromatic carbocycles. The standard InChI is InChI=1S/C25H28N4O4S2/c1-16-4-2-3-5-20(16)28-25(33)27-18-8-6-17(7-9-18)12-22(30)29-15-34-14-21(29)24-26-13-19(35-24)10-11-23(31)32/h2-9,13,21,24,26H,10-12,14-15H2,1H3,(H,31,32)(H2,27,28,33). The van der Waals surface area contributed by atoms with Gasteiger partial charge in [0.2, 0.25) is 5.91 Å². The molecular formula is C25H28N4O4S2.